The van der Waals surface area contributed by atoms with Gasteiger partial charge in [-0.15, -0.1) is 24.8 Å². The van der Waals surface area contributed by atoms with E-state index in [1.54, 1.807) is 0 Å². The van der Waals surface area contributed by atoms with E-state index in [4.69, 9.17) is 10.5 Å². The van der Waals surface area contributed by atoms with E-state index in [-0.39, 0.29) is 48.4 Å². The number of nitrogens with zero attached hydrogens (tertiary/aromatic N) is 1. The predicted octanol–water partition coefficient (Wildman–Crippen LogP) is 3.23. The van der Waals surface area contributed by atoms with Crippen LogP contribution in [0, 0.1) is 15.9 Å². The van der Waals surface area contributed by atoms with Gasteiger partial charge in [-0.3, -0.25) is 10.1 Å². The van der Waals surface area contributed by atoms with Gasteiger partial charge in [0.1, 0.15) is 5.82 Å². The smallest absolute Gasteiger partial charge is 0.311 e. The van der Waals surface area contributed by atoms with Gasteiger partial charge in [-0.1, -0.05) is 0 Å². The monoisotopic (exact) mass is 326 g/mol. The Kier molecular flexibility index (Phi) is 7.78. The molecular formula is C12H17Cl2FN2O3. The Morgan fingerprint density at radius 1 is 1.25 bits per heavy atom. The first-order valence-corrected chi connectivity index (χ1v) is 5.92. The first kappa shape index (κ1) is 18.9. The highest BCUT2D eigenvalue weighted by Gasteiger charge is 2.23. The van der Waals surface area contributed by atoms with Crippen LogP contribution >= 0.6 is 24.8 Å². The highest BCUT2D eigenvalue weighted by Crippen LogP contribution is 2.31. The van der Waals surface area contributed by atoms with Crippen molar-refractivity contribution in [2.24, 2.45) is 5.73 Å². The van der Waals surface area contributed by atoms with Crippen LogP contribution in [-0.2, 0) is 0 Å². The van der Waals surface area contributed by atoms with Crippen molar-refractivity contribution in [2.45, 2.75) is 37.8 Å². The van der Waals surface area contributed by atoms with Gasteiger partial charge in [0.15, 0.2) is 5.75 Å². The minimum Gasteiger partial charge on any atom is -0.483 e. The van der Waals surface area contributed by atoms with Crippen molar-refractivity contribution in [3.8, 4) is 5.75 Å². The van der Waals surface area contributed by atoms with E-state index in [1.807, 2.05) is 0 Å². The van der Waals surface area contributed by atoms with Crippen molar-refractivity contribution in [3.63, 3.8) is 0 Å². The maximum atomic E-state index is 13.1. The fourth-order valence-corrected chi connectivity index (χ4v) is 2.12. The Morgan fingerprint density at radius 2 is 1.85 bits per heavy atom. The zero-order chi connectivity index (χ0) is 13.1. The van der Waals surface area contributed by atoms with Crippen molar-refractivity contribution >= 4 is 30.5 Å². The molecule has 0 radical (unpaired) electrons. The first-order valence-electron chi connectivity index (χ1n) is 5.92. The molecule has 8 heteroatoms. The lowest BCUT2D eigenvalue weighted by atomic mass is 9.94. The molecule has 0 heterocycles. The number of nitro groups is 1. The van der Waals surface area contributed by atoms with E-state index in [0.717, 1.165) is 43.9 Å². The van der Waals surface area contributed by atoms with Crippen LogP contribution in [0.4, 0.5) is 10.1 Å². The summed E-state index contributed by atoms with van der Waals surface area (Å²) in [6, 6.07) is 3.42. The summed E-state index contributed by atoms with van der Waals surface area (Å²) in [5, 5.41) is 10.8. The topological polar surface area (TPSA) is 78.4 Å². The molecule has 2 N–H and O–H groups in total. The quantitative estimate of drug-likeness (QED) is 0.683. The summed E-state index contributed by atoms with van der Waals surface area (Å²) in [5.41, 5.74) is 5.57. The van der Waals surface area contributed by atoms with Gasteiger partial charge in [-0.05, 0) is 31.7 Å². The molecule has 1 aliphatic carbocycles. The average Bonchev–Trinajstić information content (AvgIpc) is 2.32. The van der Waals surface area contributed by atoms with Crippen LogP contribution < -0.4 is 10.5 Å². The Morgan fingerprint density at radius 3 is 2.40 bits per heavy atom. The molecule has 20 heavy (non-hydrogen) atoms. The van der Waals surface area contributed by atoms with Gasteiger partial charge in [0.05, 0.1) is 11.0 Å². The summed E-state index contributed by atoms with van der Waals surface area (Å²) in [7, 11) is 0. The number of nitro benzene ring substituents is 1. The molecule has 0 spiro atoms. The maximum Gasteiger partial charge on any atom is 0.311 e. The maximum absolute atomic E-state index is 13.1. The molecule has 114 valence electrons. The molecule has 0 atom stereocenters. The number of hydrogen-bond acceptors (Lipinski definition) is 4. The van der Waals surface area contributed by atoms with E-state index in [0.29, 0.717) is 0 Å². The number of nitrogens with two attached hydrogens (primary N) is 1. The average molecular weight is 327 g/mol. The molecule has 5 nitrogen and oxygen atoms in total. The molecule has 0 aromatic heterocycles. The molecule has 1 aromatic carbocycles. The Bertz CT molecular complexity index is 454. The van der Waals surface area contributed by atoms with Gasteiger partial charge in [0.25, 0.3) is 0 Å². The SMILES string of the molecule is Cl.Cl.NC1CCC(Oc2cc(F)ccc2[N+](=O)[O-])CC1. The second-order valence-corrected chi connectivity index (χ2v) is 4.52. The lowest BCUT2D eigenvalue weighted by Gasteiger charge is -2.26. The van der Waals surface area contributed by atoms with Crippen LogP contribution in [0.3, 0.4) is 0 Å². The van der Waals surface area contributed by atoms with E-state index >= 15 is 0 Å². The van der Waals surface area contributed by atoms with Gasteiger partial charge in [0, 0.05) is 18.2 Å². The zero-order valence-electron chi connectivity index (χ0n) is 10.7. The van der Waals surface area contributed by atoms with Crippen molar-refractivity contribution in [1.82, 2.24) is 0 Å². The van der Waals surface area contributed by atoms with Crippen molar-refractivity contribution < 1.29 is 14.1 Å². The van der Waals surface area contributed by atoms with Crippen molar-refractivity contribution in [3.05, 3.63) is 34.1 Å². The summed E-state index contributed by atoms with van der Waals surface area (Å²) in [4.78, 5) is 10.2. The minimum absolute atomic E-state index is 0. The van der Waals surface area contributed by atoms with Crippen LogP contribution in [0.1, 0.15) is 25.7 Å². The highest BCUT2D eigenvalue weighted by molar-refractivity contribution is 5.85. The Labute approximate surface area is 128 Å². The summed E-state index contributed by atoms with van der Waals surface area (Å²) < 4.78 is 18.6. The molecule has 1 saturated carbocycles. The molecule has 0 aliphatic heterocycles. The largest absolute Gasteiger partial charge is 0.483 e. The van der Waals surface area contributed by atoms with E-state index in [2.05, 4.69) is 0 Å². The summed E-state index contributed by atoms with van der Waals surface area (Å²) in [6.45, 7) is 0. The molecule has 0 unspecified atom stereocenters. The van der Waals surface area contributed by atoms with Crippen LogP contribution in [0.25, 0.3) is 0 Å². The summed E-state index contributed by atoms with van der Waals surface area (Å²) in [5.74, 6) is -0.538. The molecule has 1 fully saturated rings. The number of rotatable bonds is 3. The molecule has 2 rings (SSSR count). The number of ether oxygens (including phenoxy) is 1. The number of halogens is 3. The third-order valence-corrected chi connectivity index (χ3v) is 3.13. The summed E-state index contributed by atoms with van der Waals surface area (Å²) >= 11 is 0. The number of benzene rings is 1. The zero-order valence-corrected chi connectivity index (χ0v) is 12.3. The van der Waals surface area contributed by atoms with Gasteiger partial charge in [0.2, 0.25) is 0 Å². The fourth-order valence-electron chi connectivity index (χ4n) is 2.12. The van der Waals surface area contributed by atoms with Crippen molar-refractivity contribution in [2.75, 3.05) is 0 Å². The second-order valence-electron chi connectivity index (χ2n) is 4.52. The predicted molar refractivity (Wildman–Crippen MR) is 78.4 cm³/mol. The highest BCUT2D eigenvalue weighted by atomic mass is 35.5. The van der Waals surface area contributed by atoms with Crippen molar-refractivity contribution in [1.29, 1.82) is 0 Å². The van der Waals surface area contributed by atoms with Crippen LogP contribution in [-0.4, -0.2) is 17.1 Å². The molecule has 1 aliphatic rings. The second kappa shape index (κ2) is 8.24. The van der Waals surface area contributed by atoms with E-state index in [1.165, 1.54) is 0 Å². The first-order chi connectivity index (χ1) is 8.56. The Hall–Kier alpha value is -1.11. The summed E-state index contributed by atoms with van der Waals surface area (Å²) in [6.07, 6.45) is 3.02. The molecule has 1 aromatic rings. The third kappa shape index (κ3) is 4.77. The molecule has 0 bridgehead atoms. The fraction of sp³-hybridized carbons (Fsp3) is 0.500. The molecular weight excluding hydrogens is 310 g/mol. The van der Waals surface area contributed by atoms with Crippen LogP contribution in [0.5, 0.6) is 5.75 Å². The van der Waals surface area contributed by atoms with E-state index < -0.39 is 10.7 Å². The van der Waals surface area contributed by atoms with Gasteiger partial charge in [-0.2, -0.15) is 0 Å². The van der Waals surface area contributed by atoms with Gasteiger partial charge >= 0.3 is 5.69 Å². The molecule has 0 saturated heterocycles. The number of hydrogen-bond donors (Lipinski definition) is 1. The van der Waals surface area contributed by atoms with Gasteiger partial charge < -0.3 is 10.5 Å². The third-order valence-electron chi connectivity index (χ3n) is 3.13. The lowest BCUT2D eigenvalue weighted by molar-refractivity contribution is -0.386. The minimum atomic E-state index is -0.566. The Balaban J connectivity index is 0.00000180. The lowest BCUT2D eigenvalue weighted by Crippen LogP contribution is -2.31. The van der Waals surface area contributed by atoms with E-state index in [9.17, 15) is 14.5 Å². The standard InChI is InChI=1S/C12H15FN2O3.2ClH/c13-8-1-6-11(15(16)17)12(7-8)18-10-4-2-9(14)3-5-10;;/h1,6-7,9-10H,2-5,14H2;2*1H. The van der Waals surface area contributed by atoms with Crippen LogP contribution in [0.15, 0.2) is 18.2 Å². The van der Waals surface area contributed by atoms with Crippen LogP contribution in [0.2, 0.25) is 0 Å². The normalized spacial score (nSPS) is 21.3. The molecule has 0 amide bonds. The van der Waals surface area contributed by atoms with Gasteiger partial charge in [-0.25, -0.2) is 4.39 Å².